The maximum Gasteiger partial charge on any atom is 0.224 e. The summed E-state index contributed by atoms with van der Waals surface area (Å²) in [6.45, 7) is 8.29. The van der Waals surface area contributed by atoms with Crippen molar-refractivity contribution in [2.75, 3.05) is 18.4 Å². The molecule has 1 N–H and O–H groups in total. The van der Waals surface area contributed by atoms with Crippen molar-refractivity contribution in [3.8, 4) is 0 Å². The van der Waals surface area contributed by atoms with Crippen LogP contribution in [0.1, 0.15) is 50.2 Å². The molecule has 170 valence electrons. The number of rotatable bonds is 6. The molecule has 4 nitrogen and oxygen atoms in total. The number of para-hydroxylation sites is 1. The van der Waals surface area contributed by atoms with Gasteiger partial charge in [-0.25, -0.2) is 0 Å². The van der Waals surface area contributed by atoms with Crippen molar-refractivity contribution < 1.29 is 4.79 Å². The van der Waals surface area contributed by atoms with E-state index in [1.807, 2.05) is 13.0 Å². The molecule has 1 amide bonds. The number of nitrogens with one attached hydrogen (secondary N) is 1. The fraction of sp³-hybridized carbons (Fsp3) is 0.345. The SMILES string of the molecule is CCC(=O)Nc1cccc(C2CCN(Cc3ccc4c(c3)c3ccccc3n4CC)CC2)c1. The lowest BCUT2D eigenvalue weighted by Crippen LogP contribution is -2.32. The van der Waals surface area contributed by atoms with Gasteiger partial charge in [0.2, 0.25) is 5.91 Å². The minimum Gasteiger partial charge on any atom is -0.341 e. The van der Waals surface area contributed by atoms with Gasteiger partial charge < -0.3 is 9.88 Å². The molecule has 0 bridgehead atoms. The fourth-order valence-electron chi connectivity index (χ4n) is 5.34. The van der Waals surface area contributed by atoms with Crippen LogP contribution in [0.3, 0.4) is 0 Å². The molecule has 3 aromatic carbocycles. The number of likely N-dealkylation sites (tertiary alicyclic amines) is 1. The summed E-state index contributed by atoms with van der Waals surface area (Å²) in [5, 5.41) is 5.71. The molecule has 1 fully saturated rings. The van der Waals surface area contributed by atoms with Gasteiger partial charge in [-0.2, -0.15) is 0 Å². The van der Waals surface area contributed by atoms with Gasteiger partial charge in [0.25, 0.3) is 0 Å². The van der Waals surface area contributed by atoms with Crippen molar-refractivity contribution in [3.05, 3.63) is 77.9 Å². The third kappa shape index (κ3) is 4.40. The third-order valence-corrected chi connectivity index (χ3v) is 7.11. The summed E-state index contributed by atoms with van der Waals surface area (Å²) in [5.74, 6) is 0.630. The van der Waals surface area contributed by atoms with E-state index in [1.54, 1.807) is 0 Å². The Kier molecular flexibility index (Phi) is 6.19. The molecule has 0 unspecified atom stereocenters. The highest BCUT2D eigenvalue weighted by molar-refractivity contribution is 6.08. The molecule has 4 aromatic rings. The number of fused-ring (bicyclic) bond motifs is 3. The summed E-state index contributed by atoms with van der Waals surface area (Å²) in [5.41, 5.74) is 6.31. The number of nitrogens with zero attached hydrogens (tertiary/aromatic N) is 2. The maximum atomic E-state index is 11.7. The first-order valence-electron chi connectivity index (χ1n) is 12.3. The van der Waals surface area contributed by atoms with E-state index in [1.165, 1.54) is 32.9 Å². The Morgan fingerprint density at radius 2 is 1.70 bits per heavy atom. The number of hydrogen-bond acceptors (Lipinski definition) is 2. The van der Waals surface area contributed by atoms with Gasteiger partial charge in [0.1, 0.15) is 0 Å². The second-order valence-electron chi connectivity index (χ2n) is 9.19. The number of aromatic nitrogens is 1. The van der Waals surface area contributed by atoms with Crippen LogP contribution in [0, 0.1) is 0 Å². The minimum atomic E-state index is 0.0704. The summed E-state index contributed by atoms with van der Waals surface area (Å²) >= 11 is 0. The zero-order valence-corrected chi connectivity index (χ0v) is 19.7. The van der Waals surface area contributed by atoms with E-state index in [0.717, 1.165) is 44.7 Å². The smallest absolute Gasteiger partial charge is 0.224 e. The van der Waals surface area contributed by atoms with Crippen LogP contribution < -0.4 is 5.32 Å². The summed E-state index contributed by atoms with van der Waals surface area (Å²) in [4.78, 5) is 14.3. The number of piperidine rings is 1. The van der Waals surface area contributed by atoms with Crippen LogP contribution in [0.5, 0.6) is 0 Å². The predicted molar refractivity (Wildman–Crippen MR) is 138 cm³/mol. The number of carbonyl (C=O) groups excluding carboxylic acids is 1. The van der Waals surface area contributed by atoms with E-state index in [-0.39, 0.29) is 5.91 Å². The van der Waals surface area contributed by atoms with Gasteiger partial charge in [0.05, 0.1) is 0 Å². The van der Waals surface area contributed by atoms with Crippen LogP contribution >= 0.6 is 0 Å². The van der Waals surface area contributed by atoms with Crippen molar-refractivity contribution in [2.45, 2.75) is 52.1 Å². The lowest BCUT2D eigenvalue weighted by molar-refractivity contribution is -0.115. The molecule has 0 saturated carbocycles. The Morgan fingerprint density at radius 3 is 2.48 bits per heavy atom. The molecule has 4 heteroatoms. The Morgan fingerprint density at radius 1 is 0.909 bits per heavy atom. The first kappa shape index (κ1) is 21.7. The van der Waals surface area contributed by atoms with Crippen LogP contribution in [0.25, 0.3) is 21.8 Å². The lowest BCUT2D eigenvalue weighted by Gasteiger charge is -2.32. The highest BCUT2D eigenvalue weighted by Crippen LogP contribution is 2.32. The van der Waals surface area contributed by atoms with E-state index in [4.69, 9.17) is 0 Å². The standard InChI is InChI=1S/C29H33N3O/c1-3-29(33)30-24-9-7-8-23(19-24)22-14-16-31(17-15-22)20-21-12-13-28-26(18-21)25-10-5-6-11-27(25)32(28)4-2/h5-13,18-19,22H,3-4,14-17,20H2,1-2H3,(H,30,33). The molecule has 0 aliphatic carbocycles. The second kappa shape index (κ2) is 9.40. The molecule has 2 heterocycles. The number of anilines is 1. The number of hydrogen-bond donors (Lipinski definition) is 1. The highest BCUT2D eigenvalue weighted by Gasteiger charge is 2.21. The molecule has 33 heavy (non-hydrogen) atoms. The molecule has 0 atom stereocenters. The van der Waals surface area contributed by atoms with Gasteiger partial charge in [0.15, 0.2) is 0 Å². The van der Waals surface area contributed by atoms with E-state index in [0.29, 0.717) is 12.3 Å². The Bertz CT molecular complexity index is 1280. The fourth-order valence-corrected chi connectivity index (χ4v) is 5.34. The Hall–Kier alpha value is -3.11. The van der Waals surface area contributed by atoms with Crippen molar-refractivity contribution in [2.24, 2.45) is 0 Å². The second-order valence-corrected chi connectivity index (χ2v) is 9.19. The number of benzene rings is 3. The molecule has 0 radical (unpaired) electrons. The minimum absolute atomic E-state index is 0.0704. The lowest BCUT2D eigenvalue weighted by atomic mass is 9.89. The molecule has 1 aliphatic heterocycles. The Labute approximate surface area is 196 Å². The molecule has 1 aromatic heterocycles. The van der Waals surface area contributed by atoms with Gasteiger partial charge in [-0.3, -0.25) is 9.69 Å². The normalized spacial score (nSPS) is 15.3. The van der Waals surface area contributed by atoms with Crippen molar-refractivity contribution in [1.82, 2.24) is 9.47 Å². The van der Waals surface area contributed by atoms with Crippen LogP contribution in [-0.2, 0) is 17.9 Å². The van der Waals surface area contributed by atoms with Crippen LogP contribution in [-0.4, -0.2) is 28.5 Å². The van der Waals surface area contributed by atoms with Gasteiger partial charge in [-0.15, -0.1) is 0 Å². The highest BCUT2D eigenvalue weighted by atomic mass is 16.1. The number of aryl methyl sites for hydroxylation is 1. The van der Waals surface area contributed by atoms with Crippen LogP contribution in [0.4, 0.5) is 5.69 Å². The van der Waals surface area contributed by atoms with Crippen LogP contribution in [0.2, 0.25) is 0 Å². The van der Waals surface area contributed by atoms with Crippen molar-refractivity contribution >= 4 is 33.4 Å². The van der Waals surface area contributed by atoms with Crippen LogP contribution in [0.15, 0.2) is 66.7 Å². The van der Waals surface area contributed by atoms with Crippen molar-refractivity contribution in [3.63, 3.8) is 0 Å². The monoisotopic (exact) mass is 439 g/mol. The quantitative estimate of drug-likeness (QED) is 0.370. The molecule has 0 spiro atoms. The van der Waals surface area contributed by atoms with E-state index in [9.17, 15) is 4.79 Å². The molecular weight excluding hydrogens is 406 g/mol. The first-order chi connectivity index (χ1) is 16.2. The molecule has 1 aliphatic rings. The van der Waals surface area contributed by atoms with E-state index >= 15 is 0 Å². The van der Waals surface area contributed by atoms with Gasteiger partial charge >= 0.3 is 0 Å². The summed E-state index contributed by atoms with van der Waals surface area (Å²) in [6.07, 6.45) is 2.82. The molecule has 1 saturated heterocycles. The van der Waals surface area contributed by atoms with E-state index in [2.05, 4.69) is 82.4 Å². The number of amides is 1. The summed E-state index contributed by atoms with van der Waals surface area (Å²) in [7, 11) is 0. The van der Waals surface area contributed by atoms with Gasteiger partial charge in [0, 0.05) is 47.0 Å². The average Bonchev–Trinajstić information content (AvgIpc) is 3.17. The molecule has 5 rings (SSSR count). The van der Waals surface area contributed by atoms with Gasteiger partial charge in [-0.1, -0.05) is 43.3 Å². The number of carbonyl (C=O) groups is 1. The summed E-state index contributed by atoms with van der Waals surface area (Å²) in [6, 6.07) is 24.2. The van der Waals surface area contributed by atoms with E-state index < -0.39 is 0 Å². The Balaban J connectivity index is 1.27. The third-order valence-electron chi connectivity index (χ3n) is 7.11. The topological polar surface area (TPSA) is 37.3 Å². The van der Waals surface area contributed by atoms with Crippen molar-refractivity contribution in [1.29, 1.82) is 0 Å². The summed E-state index contributed by atoms with van der Waals surface area (Å²) < 4.78 is 2.41. The maximum absolute atomic E-state index is 11.7. The predicted octanol–water partition coefficient (Wildman–Crippen LogP) is 6.54. The first-order valence-corrected chi connectivity index (χ1v) is 12.3. The van der Waals surface area contributed by atoms with Gasteiger partial charge in [-0.05, 0) is 80.2 Å². The average molecular weight is 440 g/mol. The zero-order valence-electron chi connectivity index (χ0n) is 19.7. The molecular formula is C29H33N3O. The largest absolute Gasteiger partial charge is 0.341 e. The zero-order chi connectivity index (χ0) is 22.8.